The third-order valence-corrected chi connectivity index (χ3v) is 3.60. The minimum absolute atomic E-state index is 0. The molecule has 0 saturated heterocycles. The van der Waals surface area contributed by atoms with Crippen LogP contribution in [0.3, 0.4) is 0 Å². The molecule has 2 N–H and O–H groups in total. The van der Waals surface area contributed by atoms with Gasteiger partial charge in [-0.05, 0) is 38.1 Å². The van der Waals surface area contributed by atoms with Gasteiger partial charge in [-0.3, -0.25) is 0 Å². The van der Waals surface area contributed by atoms with Gasteiger partial charge in [0.15, 0.2) is 5.96 Å². The summed E-state index contributed by atoms with van der Waals surface area (Å²) in [6, 6.07) is 7.78. The number of ether oxygens (including phenoxy) is 1. The van der Waals surface area contributed by atoms with E-state index < -0.39 is 0 Å². The Morgan fingerprint density at radius 3 is 2.54 bits per heavy atom. The zero-order valence-corrected chi connectivity index (χ0v) is 17.9. The average Bonchev–Trinajstić information content (AvgIpc) is 2.54. The predicted molar refractivity (Wildman–Crippen MR) is 114 cm³/mol. The van der Waals surface area contributed by atoms with E-state index >= 15 is 0 Å². The standard InChI is InChI=1S/C17H29ClN4O.HI/c1-4-19-17(20-10-12-22(2)11-5-13-23-3)21-14-15-6-8-16(18)9-7-15;/h6-9H,4-5,10-14H2,1-3H3,(H2,19,20,21);1H. The Labute approximate surface area is 168 Å². The second-order valence-corrected chi connectivity index (χ2v) is 5.83. The van der Waals surface area contributed by atoms with Gasteiger partial charge in [0.25, 0.3) is 0 Å². The van der Waals surface area contributed by atoms with Crippen molar-refractivity contribution in [1.82, 2.24) is 15.5 Å². The molecule has 0 unspecified atom stereocenters. The van der Waals surface area contributed by atoms with Gasteiger partial charge < -0.3 is 20.3 Å². The minimum atomic E-state index is 0. The summed E-state index contributed by atoms with van der Waals surface area (Å²) in [7, 11) is 3.86. The molecule has 0 bridgehead atoms. The summed E-state index contributed by atoms with van der Waals surface area (Å²) in [6.45, 7) is 7.21. The van der Waals surface area contributed by atoms with Crippen LogP contribution in [-0.2, 0) is 11.3 Å². The maximum Gasteiger partial charge on any atom is 0.191 e. The van der Waals surface area contributed by atoms with Crippen LogP contribution in [0.2, 0.25) is 5.02 Å². The second-order valence-electron chi connectivity index (χ2n) is 5.40. The first kappa shape index (κ1) is 23.4. The van der Waals surface area contributed by atoms with Crippen molar-refractivity contribution in [3.05, 3.63) is 34.9 Å². The highest BCUT2D eigenvalue weighted by molar-refractivity contribution is 14.0. The molecule has 0 saturated carbocycles. The molecule has 5 nitrogen and oxygen atoms in total. The van der Waals surface area contributed by atoms with E-state index in [9.17, 15) is 0 Å². The van der Waals surface area contributed by atoms with Crippen molar-refractivity contribution in [2.75, 3.05) is 46.9 Å². The number of aliphatic imine (C=N–C) groups is 1. The van der Waals surface area contributed by atoms with Crippen LogP contribution in [0, 0.1) is 0 Å². The lowest BCUT2D eigenvalue weighted by atomic mass is 10.2. The van der Waals surface area contributed by atoms with Crippen molar-refractivity contribution in [2.45, 2.75) is 19.9 Å². The number of hydrogen-bond acceptors (Lipinski definition) is 3. The van der Waals surface area contributed by atoms with E-state index in [0.717, 1.165) is 55.8 Å². The Bertz CT molecular complexity index is 456. The van der Waals surface area contributed by atoms with Gasteiger partial charge in [-0.2, -0.15) is 0 Å². The van der Waals surface area contributed by atoms with Crippen LogP contribution in [0.4, 0.5) is 0 Å². The van der Waals surface area contributed by atoms with E-state index in [2.05, 4.69) is 34.5 Å². The summed E-state index contributed by atoms with van der Waals surface area (Å²) in [5, 5.41) is 7.38. The first-order valence-electron chi connectivity index (χ1n) is 8.09. The topological polar surface area (TPSA) is 48.9 Å². The van der Waals surface area contributed by atoms with E-state index in [0.29, 0.717) is 6.54 Å². The summed E-state index contributed by atoms with van der Waals surface area (Å²) < 4.78 is 5.07. The maximum absolute atomic E-state index is 5.89. The van der Waals surface area contributed by atoms with E-state index in [1.807, 2.05) is 24.3 Å². The Morgan fingerprint density at radius 2 is 1.92 bits per heavy atom. The Hall–Kier alpha value is -0.570. The number of halogens is 2. The maximum atomic E-state index is 5.89. The summed E-state index contributed by atoms with van der Waals surface area (Å²) in [4.78, 5) is 6.88. The van der Waals surface area contributed by atoms with Crippen LogP contribution in [0.15, 0.2) is 29.3 Å². The van der Waals surface area contributed by atoms with Gasteiger partial charge in [0.2, 0.25) is 0 Å². The molecule has 0 aliphatic carbocycles. The van der Waals surface area contributed by atoms with Gasteiger partial charge in [0.05, 0.1) is 6.54 Å². The lowest BCUT2D eigenvalue weighted by Crippen LogP contribution is -2.41. The van der Waals surface area contributed by atoms with Crippen LogP contribution in [-0.4, -0.2) is 57.8 Å². The van der Waals surface area contributed by atoms with Crippen LogP contribution in [0.25, 0.3) is 0 Å². The number of likely N-dealkylation sites (N-methyl/N-ethyl adjacent to an activating group) is 1. The van der Waals surface area contributed by atoms with Crippen molar-refractivity contribution in [1.29, 1.82) is 0 Å². The smallest absolute Gasteiger partial charge is 0.191 e. The quantitative estimate of drug-likeness (QED) is 0.240. The summed E-state index contributed by atoms with van der Waals surface area (Å²) in [6.07, 6.45) is 1.05. The SMILES string of the molecule is CCNC(=NCc1ccc(Cl)cc1)NCCN(C)CCCOC.I. The number of guanidine groups is 1. The monoisotopic (exact) mass is 468 g/mol. The molecule has 0 spiro atoms. The molecule has 0 amide bonds. The molecule has 24 heavy (non-hydrogen) atoms. The van der Waals surface area contributed by atoms with Crippen molar-refractivity contribution in [3.8, 4) is 0 Å². The normalized spacial score (nSPS) is 11.3. The minimum Gasteiger partial charge on any atom is -0.385 e. The molecule has 1 aromatic carbocycles. The van der Waals surface area contributed by atoms with E-state index in [1.54, 1.807) is 7.11 Å². The third kappa shape index (κ3) is 11.1. The molecule has 0 fully saturated rings. The molecule has 0 atom stereocenters. The lowest BCUT2D eigenvalue weighted by molar-refractivity contribution is 0.180. The number of nitrogens with zero attached hydrogens (tertiary/aromatic N) is 2. The van der Waals surface area contributed by atoms with Crippen LogP contribution < -0.4 is 10.6 Å². The summed E-state index contributed by atoms with van der Waals surface area (Å²) in [5.41, 5.74) is 1.14. The average molecular weight is 469 g/mol. The molecule has 7 heteroatoms. The van der Waals surface area contributed by atoms with E-state index in [4.69, 9.17) is 16.3 Å². The fourth-order valence-electron chi connectivity index (χ4n) is 2.06. The Kier molecular flexibility index (Phi) is 14.4. The Balaban J connectivity index is 0.00000529. The van der Waals surface area contributed by atoms with Crippen molar-refractivity contribution < 1.29 is 4.74 Å². The Morgan fingerprint density at radius 1 is 1.21 bits per heavy atom. The molecule has 0 radical (unpaired) electrons. The zero-order chi connectivity index (χ0) is 16.9. The first-order valence-corrected chi connectivity index (χ1v) is 8.47. The lowest BCUT2D eigenvalue weighted by Gasteiger charge is -2.18. The third-order valence-electron chi connectivity index (χ3n) is 3.35. The molecular formula is C17H30ClIN4O. The number of benzene rings is 1. The molecule has 0 aliphatic heterocycles. The zero-order valence-electron chi connectivity index (χ0n) is 14.8. The number of hydrogen-bond donors (Lipinski definition) is 2. The molecule has 1 aromatic rings. The highest BCUT2D eigenvalue weighted by atomic mass is 127. The summed E-state index contributed by atoms with van der Waals surface area (Å²) in [5.74, 6) is 0.841. The van der Waals surface area contributed by atoms with Crippen molar-refractivity contribution >= 4 is 41.5 Å². The van der Waals surface area contributed by atoms with Gasteiger partial charge in [-0.1, -0.05) is 23.7 Å². The highest BCUT2D eigenvalue weighted by Gasteiger charge is 2.01. The molecule has 0 heterocycles. The van der Waals surface area contributed by atoms with Crippen LogP contribution in [0.5, 0.6) is 0 Å². The first-order chi connectivity index (χ1) is 11.2. The highest BCUT2D eigenvalue weighted by Crippen LogP contribution is 2.10. The largest absolute Gasteiger partial charge is 0.385 e. The van der Waals surface area contributed by atoms with Crippen molar-refractivity contribution in [2.24, 2.45) is 4.99 Å². The van der Waals surface area contributed by atoms with Crippen LogP contribution >= 0.6 is 35.6 Å². The van der Waals surface area contributed by atoms with Gasteiger partial charge in [-0.25, -0.2) is 4.99 Å². The van der Waals surface area contributed by atoms with Crippen LogP contribution in [0.1, 0.15) is 18.9 Å². The molecule has 0 aromatic heterocycles. The predicted octanol–water partition coefficient (Wildman–Crippen LogP) is 2.98. The van der Waals surface area contributed by atoms with Crippen molar-refractivity contribution in [3.63, 3.8) is 0 Å². The fourth-order valence-corrected chi connectivity index (χ4v) is 2.18. The van der Waals surface area contributed by atoms with Gasteiger partial charge in [0, 0.05) is 44.9 Å². The second kappa shape index (κ2) is 14.7. The number of rotatable bonds is 10. The van der Waals surface area contributed by atoms with Gasteiger partial charge in [0.1, 0.15) is 0 Å². The summed E-state index contributed by atoms with van der Waals surface area (Å²) >= 11 is 5.89. The molecule has 0 aliphatic rings. The number of nitrogens with one attached hydrogen (secondary N) is 2. The molecule has 138 valence electrons. The molecular weight excluding hydrogens is 439 g/mol. The molecule has 1 rings (SSSR count). The van der Waals surface area contributed by atoms with E-state index in [1.165, 1.54) is 0 Å². The van der Waals surface area contributed by atoms with Gasteiger partial charge in [-0.15, -0.1) is 24.0 Å². The van der Waals surface area contributed by atoms with E-state index in [-0.39, 0.29) is 24.0 Å². The fraction of sp³-hybridized carbons (Fsp3) is 0.588. The number of methoxy groups -OCH3 is 1. The van der Waals surface area contributed by atoms with Gasteiger partial charge >= 0.3 is 0 Å².